The zero-order chi connectivity index (χ0) is 23.2. The number of ether oxygens (including phenoxy) is 1. The standard InChI is InChI=1S/C28H35N3O2/c1-21(2)18-31(28(32)26-13-12-23-8-4-6-10-25(23)29-26)19-22-14-16-30(17-15-22)20-24-9-5-7-11-27(24)33-3/h4-13,21-22H,14-20H2,1-3H3. The molecule has 0 saturated carbocycles. The summed E-state index contributed by atoms with van der Waals surface area (Å²) in [6.45, 7) is 8.89. The number of methoxy groups -OCH3 is 1. The molecule has 1 aliphatic rings. The number of amides is 1. The van der Waals surface area contributed by atoms with Gasteiger partial charge in [0, 0.05) is 30.6 Å². The average Bonchev–Trinajstić information content (AvgIpc) is 2.84. The molecule has 0 atom stereocenters. The molecule has 5 heteroatoms. The molecule has 2 aromatic carbocycles. The van der Waals surface area contributed by atoms with Crippen LogP contribution in [-0.4, -0.2) is 54.0 Å². The highest BCUT2D eigenvalue weighted by Crippen LogP contribution is 2.25. The van der Waals surface area contributed by atoms with Gasteiger partial charge in [-0.1, -0.05) is 56.3 Å². The number of pyridine rings is 1. The van der Waals surface area contributed by atoms with E-state index in [1.165, 1.54) is 5.56 Å². The fraction of sp³-hybridized carbons (Fsp3) is 0.429. The van der Waals surface area contributed by atoms with Crippen LogP contribution in [0.2, 0.25) is 0 Å². The van der Waals surface area contributed by atoms with E-state index in [4.69, 9.17) is 4.74 Å². The lowest BCUT2D eigenvalue weighted by Crippen LogP contribution is -2.42. The molecule has 174 valence electrons. The Morgan fingerprint density at radius 3 is 2.55 bits per heavy atom. The lowest BCUT2D eigenvalue weighted by atomic mass is 9.95. The highest BCUT2D eigenvalue weighted by Gasteiger charge is 2.26. The number of fused-ring (bicyclic) bond motifs is 1. The predicted octanol–water partition coefficient (Wildman–Crippen LogP) is 5.25. The zero-order valence-corrected chi connectivity index (χ0v) is 20.0. The van der Waals surface area contributed by atoms with E-state index in [1.807, 2.05) is 53.4 Å². The number of piperidine rings is 1. The minimum Gasteiger partial charge on any atom is -0.496 e. The molecule has 2 heterocycles. The van der Waals surface area contributed by atoms with Gasteiger partial charge in [-0.15, -0.1) is 0 Å². The molecule has 1 aromatic heterocycles. The minimum absolute atomic E-state index is 0.0471. The maximum atomic E-state index is 13.4. The van der Waals surface area contributed by atoms with E-state index >= 15 is 0 Å². The summed E-state index contributed by atoms with van der Waals surface area (Å²) in [6.07, 6.45) is 2.20. The van der Waals surface area contributed by atoms with Crippen molar-refractivity contribution in [3.63, 3.8) is 0 Å². The summed E-state index contributed by atoms with van der Waals surface area (Å²) >= 11 is 0. The Kier molecular flexibility index (Phi) is 7.61. The molecule has 4 rings (SSSR count). The number of hydrogen-bond donors (Lipinski definition) is 0. The molecular weight excluding hydrogens is 410 g/mol. The summed E-state index contributed by atoms with van der Waals surface area (Å²) in [5.74, 6) is 1.93. The Morgan fingerprint density at radius 1 is 1.06 bits per heavy atom. The summed E-state index contributed by atoms with van der Waals surface area (Å²) in [6, 6.07) is 20.1. The lowest BCUT2D eigenvalue weighted by Gasteiger charge is -2.35. The monoisotopic (exact) mass is 445 g/mol. The number of benzene rings is 2. The summed E-state index contributed by atoms with van der Waals surface area (Å²) in [5.41, 5.74) is 2.65. The highest BCUT2D eigenvalue weighted by atomic mass is 16.5. The molecule has 1 aliphatic heterocycles. The molecule has 0 N–H and O–H groups in total. The molecule has 33 heavy (non-hydrogen) atoms. The highest BCUT2D eigenvalue weighted by molar-refractivity contribution is 5.94. The first-order chi connectivity index (χ1) is 16.0. The van der Waals surface area contributed by atoms with Gasteiger partial charge in [-0.3, -0.25) is 9.69 Å². The Bertz CT molecular complexity index is 1070. The topological polar surface area (TPSA) is 45.7 Å². The molecule has 1 amide bonds. The third-order valence-electron chi connectivity index (χ3n) is 6.46. The first-order valence-electron chi connectivity index (χ1n) is 12.0. The summed E-state index contributed by atoms with van der Waals surface area (Å²) in [5, 5.41) is 1.06. The molecule has 0 bridgehead atoms. The first kappa shape index (κ1) is 23.2. The van der Waals surface area contributed by atoms with Crippen LogP contribution in [0.1, 0.15) is 42.7 Å². The molecule has 1 fully saturated rings. The second kappa shape index (κ2) is 10.8. The Labute approximate surface area is 197 Å². The van der Waals surface area contributed by atoms with Crippen molar-refractivity contribution < 1.29 is 9.53 Å². The lowest BCUT2D eigenvalue weighted by molar-refractivity contribution is 0.0658. The van der Waals surface area contributed by atoms with Gasteiger partial charge in [0.05, 0.1) is 12.6 Å². The van der Waals surface area contributed by atoms with Crippen LogP contribution in [0, 0.1) is 11.8 Å². The number of para-hydroxylation sites is 2. The van der Waals surface area contributed by atoms with Crippen LogP contribution < -0.4 is 4.74 Å². The van der Waals surface area contributed by atoms with Crippen LogP contribution in [0.4, 0.5) is 0 Å². The van der Waals surface area contributed by atoms with Gasteiger partial charge in [0.15, 0.2) is 0 Å². The molecule has 0 radical (unpaired) electrons. The second-order valence-electron chi connectivity index (χ2n) is 9.52. The van der Waals surface area contributed by atoms with Crippen LogP contribution in [0.5, 0.6) is 5.75 Å². The number of rotatable bonds is 8. The number of nitrogens with zero attached hydrogens (tertiary/aromatic N) is 3. The van der Waals surface area contributed by atoms with Crippen LogP contribution in [0.25, 0.3) is 10.9 Å². The first-order valence-corrected chi connectivity index (χ1v) is 12.0. The number of hydrogen-bond acceptors (Lipinski definition) is 4. The number of aromatic nitrogens is 1. The summed E-state index contributed by atoms with van der Waals surface area (Å²) in [7, 11) is 1.73. The van der Waals surface area contributed by atoms with Crippen LogP contribution in [-0.2, 0) is 6.54 Å². The van der Waals surface area contributed by atoms with E-state index in [-0.39, 0.29) is 5.91 Å². The van der Waals surface area contributed by atoms with Gasteiger partial charge >= 0.3 is 0 Å². The van der Waals surface area contributed by atoms with Crippen LogP contribution in [0.15, 0.2) is 60.7 Å². The van der Waals surface area contributed by atoms with Gasteiger partial charge in [-0.2, -0.15) is 0 Å². The van der Waals surface area contributed by atoms with Crippen molar-refractivity contribution in [3.8, 4) is 5.75 Å². The van der Waals surface area contributed by atoms with Crippen molar-refractivity contribution in [2.45, 2.75) is 33.2 Å². The average molecular weight is 446 g/mol. The van der Waals surface area contributed by atoms with Gasteiger partial charge in [-0.25, -0.2) is 4.98 Å². The van der Waals surface area contributed by atoms with E-state index in [0.717, 1.165) is 62.2 Å². The minimum atomic E-state index is 0.0471. The van der Waals surface area contributed by atoms with Crippen molar-refractivity contribution in [2.24, 2.45) is 11.8 Å². The maximum absolute atomic E-state index is 13.4. The van der Waals surface area contributed by atoms with Crippen molar-refractivity contribution in [3.05, 3.63) is 71.9 Å². The van der Waals surface area contributed by atoms with Crippen molar-refractivity contribution in [1.29, 1.82) is 0 Å². The predicted molar refractivity (Wildman–Crippen MR) is 133 cm³/mol. The number of carbonyl (C=O) groups is 1. The van der Waals surface area contributed by atoms with E-state index < -0.39 is 0 Å². The van der Waals surface area contributed by atoms with Gasteiger partial charge in [0.25, 0.3) is 5.91 Å². The van der Waals surface area contributed by atoms with E-state index in [2.05, 4.69) is 35.9 Å². The Hall–Kier alpha value is -2.92. The Balaban J connectivity index is 1.39. The smallest absolute Gasteiger partial charge is 0.272 e. The molecule has 0 aliphatic carbocycles. The summed E-state index contributed by atoms with van der Waals surface area (Å²) < 4.78 is 5.52. The van der Waals surface area contributed by atoms with Gasteiger partial charge in [-0.05, 0) is 56.0 Å². The molecule has 3 aromatic rings. The second-order valence-corrected chi connectivity index (χ2v) is 9.52. The molecule has 0 unspecified atom stereocenters. The third kappa shape index (κ3) is 5.91. The quantitative estimate of drug-likeness (QED) is 0.475. The Morgan fingerprint density at radius 2 is 1.79 bits per heavy atom. The number of carbonyl (C=O) groups excluding carboxylic acids is 1. The normalized spacial score (nSPS) is 15.2. The molecule has 0 spiro atoms. The van der Waals surface area contributed by atoms with Crippen LogP contribution in [0.3, 0.4) is 0 Å². The molecule has 5 nitrogen and oxygen atoms in total. The largest absolute Gasteiger partial charge is 0.496 e. The van der Waals surface area contributed by atoms with Crippen molar-refractivity contribution in [2.75, 3.05) is 33.3 Å². The third-order valence-corrected chi connectivity index (χ3v) is 6.46. The van der Waals surface area contributed by atoms with E-state index in [9.17, 15) is 4.79 Å². The van der Waals surface area contributed by atoms with E-state index in [1.54, 1.807) is 7.11 Å². The van der Waals surface area contributed by atoms with Crippen LogP contribution >= 0.6 is 0 Å². The molecule has 1 saturated heterocycles. The number of likely N-dealkylation sites (tertiary alicyclic amines) is 1. The van der Waals surface area contributed by atoms with Gasteiger partial charge in [0.1, 0.15) is 11.4 Å². The van der Waals surface area contributed by atoms with Gasteiger partial charge < -0.3 is 9.64 Å². The maximum Gasteiger partial charge on any atom is 0.272 e. The van der Waals surface area contributed by atoms with E-state index in [0.29, 0.717) is 17.5 Å². The fourth-order valence-corrected chi connectivity index (χ4v) is 4.74. The fourth-order valence-electron chi connectivity index (χ4n) is 4.74. The summed E-state index contributed by atoms with van der Waals surface area (Å²) in [4.78, 5) is 22.6. The molecular formula is C28H35N3O2. The van der Waals surface area contributed by atoms with Crippen molar-refractivity contribution >= 4 is 16.8 Å². The SMILES string of the molecule is COc1ccccc1CN1CCC(CN(CC(C)C)C(=O)c2ccc3ccccc3n2)CC1. The van der Waals surface area contributed by atoms with Gasteiger partial charge in [0.2, 0.25) is 0 Å². The zero-order valence-electron chi connectivity index (χ0n) is 20.0. The van der Waals surface area contributed by atoms with Crippen molar-refractivity contribution in [1.82, 2.24) is 14.8 Å².